The number of unbranched alkanes of at least 4 members (excludes halogenated alkanes) is 6. The summed E-state index contributed by atoms with van der Waals surface area (Å²) in [4.78, 5) is 2.64. The van der Waals surface area contributed by atoms with Crippen molar-refractivity contribution in [2.75, 3.05) is 19.6 Å². The molecule has 0 aliphatic heterocycles. The maximum absolute atomic E-state index is 2.64. The Hall–Kier alpha value is 0.297. The molecule has 0 fully saturated rings. The zero-order valence-corrected chi connectivity index (χ0v) is 14.3. The Bertz CT molecular complexity index is 191. The van der Waals surface area contributed by atoms with E-state index in [1.54, 1.807) is 0 Å². The van der Waals surface area contributed by atoms with Gasteiger partial charge in [-0.2, -0.15) is 0 Å². The van der Waals surface area contributed by atoms with Crippen molar-refractivity contribution in [1.82, 2.24) is 4.90 Å². The third kappa shape index (κ3) is 16.2. The molecule has 0 aliphatic rings. The Kier molecular flexibility index (Phi) is 18.6. The van der Waals surface area contributed by atoms with Gasteiger partial charge in [0.25, 0.3) is 0 Å². The molecule has 0 saturated heterocycles. The average Bonchev–Trinajstić information content (AvgIpc) is 2.35. The van der Waals surface area contributed by atoms with Gasteiger partial charge in [-0.25, -0.2) is 0 Å². The van der Waals surface area contributed by atoms with E-state index in [0.717, 1.165) is 6.54 Å². The molecule has 0 rings (SSSR count). The van der Waals surface area contributed by atoms with Gasteiger partial charge < -0.3 is 1.43 Å². The van der Waals surface area contributed by atoms with E-state index in [2.05, 4.69) is 38.7 Å². The first-order valence-electron chi connectivity index (χ1n) is 8.06. The SMILES string of the molecule is CCCCCCN(CC=C(C)C)CCCCCC.[H-].[Li+]. The van der Waals surface area contributed by atoms with Crippen molar-refractivity contribution in [1.29, 1.82) is 0 Å². The molecule has 0 N–H and O–H groups in total. The first-order valence-corrected chi connectivity index (χ1v) is 8.06. The van der Waals surface area contributed by atoms with Crippen molar-refractivity contribution in [3.63, 3.8) is 0 Å². The third-order valence-electron chi connectivity index (χ3n) is 3.41. The van der Waals surface area contributed by atoms with E-state index < -0.39 is 0 Å². The second-order valence-electron chi connectivity index (χ2n) is 5.70. The first kappa shape index (κ1) is 21.6. The van der Waals surface area contributed by atoms with E-state index in [-0.39, 0.29) is 20.3 Å². The predicted molar refractivity (Wildman–Crippen MR) is 85.3 cm³/mol. The summed E-state index contributed by atoms with van der Waals surface area (Å²) in [5, 5.41) is 0. The van der Waals surface area contributed by atoms with Crippen LogP contribution in [-0.4, -0.2) is 24.5 Å². The van der Waals surface area contributed by atoms with Gasteiger partial charge in [0, 0.05) is 6.54 Å². The maximum atomic E-state index is 2.64. The van der Waals surface area contributed by atoms with Crippen molar-refractivity contribution < 1.29 is 20.3 Å². The second kappa shape index (κ2) is 16.4. The molecule has 0 unspecified atom stereocenters. The van der Waals surface area contributed by atoms with Crippen LogP contribution in [0.5, 0.6) is 0 Å². The number of rotatable bonds is 12. The third-order valence-corrected chi connectivity index (χ3v) is 3.41. The molecule has 0 saturated carbocycles. The molecule has 110 valence electrons. The average molecular weight is 261 g/mol. The molecule has 0 aliphatic carbocycles. The largest absolute Gasteiger partial charge is 1.00 e. The quantitative estimate of drug-likeness (QED) is 0.296. The van der Waals surface area contributed by atoms with Crippen molar-refractivity contribution in [2.24, 2.45) is 0 Å². The minimum atomic E-state index is 0. The molecule has 0 aromatic carbocycles. The van der Waals surface area contributed by atoms with Crippen LogP contribution in [-0.2, 0) is 0 Å². The predicted octanol–water partition coefficient (Wildman–Crippen LogP) is 2.53. The van der Waals surface area contributed by atoms with E-state index in [1.807, 2.05) is 0 Å². The van der Waals surface area contributed by atoms with E-state index in [1.165, 1.54) is 70.0 Å². The number of hydrogen-bond acceptors (Lipinski definition) is 1. The van der Waals surface area contributed by atoms with Gasteiger partial charge >= 0.3 is 18.9 Å². The van der Waals surface area contributed by atoms with Gasteiger partial charge in [0.15, 0.2) is 0 Å². The summed E-state index contributed by atoms with van der Waals surface area (Å²) in [5.41, 5.74) is 1.45. The summed E-state index contributed by atoms with van der Waals surface area (Å²) in [6.07, 6.45) is 13.4. The van der Waals surface area contributed by atoms with E-state index in [9.17, 15) is 0 Å². The van der Waals surface area contributed by atoms with E-state index >= 15 is 0 Å². The molecular formula is C17H36LiN. The summed E-state index contributed by atoms with van der Waals surface area (Å²) < 4.78 is 0. The molecular weight excluding hydrogens is 225 g/mol. The zero-order valence-electron chi connectivity index (χ0n) is 15.3. The van der Waals surface area contributed by atoms with Gasteiger partial charge in [-0.05, 0) is 39.8 Å². The fraction of sp³-hybridized carbons (Fsp3) is 0.882. The van der Waals surface area contributed by atoms with Gasteiger partial charge in [0.1, 0.15) is 0 Å². The van der Waals surface area contributed by atoms with Gasteiger partial charge in [-0.15, -0.1) is 0 Å². The van der Waals surface area contributed by atoms with Gasteiger partial charge in [-0.1, -0.05) is 64.0 Å². The van der Waals surface area contributed by atoms with Crippen LogP contribution in [0.15, 0.2) is 11.6 Å². The van der Waals surface area contributed by atoms with Gasteiger partial charge in [0.05, 0.1) is 0 Å². The smallest absolute Gasteiger partial charge is 1.00 e. The van der Waals surface area contributed by atoms with Crippen LogP contribution >= 0.6 is 0 Å². The molecule has 0 bridgehead atoms. The number of nitrogens with zero attached hydrogens (tertiary/aromatic N) is 1. The normalized spacial score (nSPS) is 10.4. The molecule has 1 nitrogen and oxygen atoms in total. The van der Waals surface area contributed by atoms with Crippen LogP contribution < -0.4 is 18.9 Å². The summed E-state index contributed by atoms with van der Waals surface area (Å²) in [5.74, 6) is 0. The molecule has 0 atom stereocenters. The van der Waals surface area contributed by atoms with Gasteiger partial charge in [0.2, 0.25) is 0 Å². The fourth-order valence-corrected chi connectivity index (χ4v) is 2.13. The Balaban J connectivity index is -0.00000144. The topological polar surface area (TPSA) is 3.24 Å². The van der Waals surface area contributed by atoms with Crippen LogP contribution in [0, 0.1) is 0 Å². The van der Waals surface area contributed by atoms with Crippen molar-refractivity contribution in [3.05, 3.63) is 11.6 Å². The minimum Gasteiger partial charge on any atom is -1.00 e. The molecule has 0 aromatic rings. The minimum absolute atomic E-state index is 0. The standard InChI is InChI=1S/C17H35N.Li.H/c1-5-7-9-11-14-18(16-13-17(3)4)15-12-10-8-6-2;;/h13H,5-12,14-16H2,1-4H3;;/q;+1;-1. The second-order valence-corrected chi connectivity index (χ2v) is 5.70. The number of allylic oxidation sites excluding steroid dienone is 1. The monoisotopic (exact) mass is 261 g/mol. The Morgan fingerprint density at radius 2 is 1.32 bits per heavy atom. The molecule has 2 heteroatoms. The molecule has 19 heavy (non-hydrogen) atoms. The van der Waals surface area contributed by atoms with Crippen LogP contribution in [0.2, 0.25) is 0 Å². The molecule has 0 heterocycles. The summed E-state index contributed by atoms with van der Waals surface area (Å²) in [7, 11) is 0. The Labute approximate surface area is 135 Å². The molecule has 0 spiro atoms. The molecule has 0 aromatic heterocycles. The summed E-state index contributed by atoms with van der Waals surface area (Å²) in [6, 6.07) is 0. The first-order chi connectivity index (χ1) is 8.70. The summed E-state index contributed by atoms with van der Waals surface area (Å²) >= 11 is 0. The maximum Gasteiger partial charge on any atom is 1.00 e. The van der Waals surface area contributed by atoms with Crippen molar-refractivity contribution >= 4 is 0 Å². The Morgan fingerprint density at radius 3 is 1.68 bits per heavy atom. The van der Waals surface area contributed by atoms with Gasteiger partial charge in [-0.3, -0.25) is 4.90 Å². The summed E-state index contributed by atoms with van der Waals surface area (Å²) in [6.45, 7) is 12.7. The van der Waals surface area contributed by atoms with Crippen LogP contribution in [0.25, 0.3) is 0 Å². The number of hydrogen-bond donors (Lipinski definition) is 0. The van der Waals surface area contributed by atoms with E-state index in [0.29, 0.717) is 0 Å². The Morgan fingerprint density at radius 1 is 0.842 bits per heavy atom. The van der Waals surface area contributed by atoms with E-state index in [4.69, 9.17) is 0 Å². The zero-order chi connectivity index (χ0) is 13.6. The van der Waals surface area contributed by atoms with Crippen molar-refractivity contribution in [3.8, 4) is 0 Å². The van der Waals surface area contributed by atoms with Crippen LogP contribution in [0.4, 0.5) is 0 Å². The fourth-order valence-electron chi connectivity index (χ4n) is 2.13. The molecule has 0 amide bonds. The van der Waals surface area contributed by atoms with Crippen LogP contribution in [0.1, 0.15) is 80.5 Å². The van der Waals surface area contributed by atoms with Crippen molar-refractivity contribution in [2.45, 2.75) is 79.1 Å². The molecule has 0 radical (unpaired) electrons. The van der Waals surface area contributed by atoms with Crippen LogP contribution in [0.3, 0.4) is 0 Å².